The number of nitrogens with two attached hydrogens (primary N) is 1. The third kappa shape index (κ3) is 6.17. The average Bonchev–Trinajstić information content (AvgIpc) is 2.28. The molecular formula is C11H15ClN2O4. The van der Waals surface area contributed by atoms with E-state index in [0.717, 1.165) is 0 Å². The highest BCUT2D eigenvalue weighted by Gasteiger charge is 2.06. The van der Waals surface area contributed by atoms with E-state index in [4.69, 9.17) is 15.2 Å². The molecule has 0 unspecified atom stereocenters. The first-order valence-electron chi connectivity index (χ1n) is 5.09. The largest absolute Gasteiger partial charge is 1.00 e. The summed E-state index contributed by atoms with van der Waals surface area (Å²) < 4.78 is 11.6. The van der Waals surface area contributed by atoms with Gasteiger partial charge < -0.3 is 27.6 Å². The zero-order valence-corrected chi connectivity index (χ0v) is 10.7. The van der Waals surface area contributed by atoms with Gasteiger partial charge >= 0.3 is 5.97 Å². The topological polar surface area (TPSA) is 82.5 Å². The molecule has 0 atom stereocenters. The molecule has 0 spiro atoms. The Labute approximate surface area is 111 Å². The van der Waals surface area contributed by atoms with Crippen LogP contribution >= 0.6 is 0 Å². The smallest absolute Gasteiger partial charge is 0.302 e. The molecule has 0 aromatic carbocycles. The van der Waals surface area contributed by atoms with Crippen molar-refractivity contribution in [2.75, 3.05) is 13.2 Å². The maximum absolute atomic E-state index is 10.9. The van der Waals surface area contributed by atoms with Crippen molar-refractivity contribution in [1.82, 2.24) is 0 Å². The van der Waals surface area contributed by atoms with Gasteiger partial charge in [-0.2, -0.15) is 4.57 Å². The fourth-order valence-electron chi connectivity index (χ4n) is 1.16. The molecule has 100 valence electrons. The zero-order valence-electron chi connectivity index (χ0n) is 9.97. The van der Waals surface area contributed by atoms with Gasteiger partial charge in [-0.05, 0) is 6.07 Å². The summed E-state index contributed by atoms with van der Waals surface area (Å²) in [6, 6.07) is 3.33. The highest BCUT2D eigenvalue weighted by Crippen LogP contribution is 1.92. The fraction of sp³-hybridized carbons (Fsp3) is 0.364. The molecule has 1 amide bonds. The van der Waals surface area contributed by atoms with Gasteiger partial charge in [-0.3, -0.25) is 9.59 Å². The number of ether oxygens (including phenoxy) is 2. The molecule has 0 bridgehead atoms. The number of rotatable bonds is 6. The molecule has 1 heterocycles. The third-order valence-electron chi connectivity index (χ3n) is 1.92. The highest BCUT2D eigenvalue weighted by molar-refractivity contribution is 5.92. The molecule has 0 radical (unpaired) electrons. The van der Waals surface area contributed by atoms with Crippen molar-refractivity contribution in [3.05, 3.63) is 30.1 Å². The number of carbonyl (C=O) groups excluding carboxylic acids is 2. The summed E-state index contributed by atoms with van der Waals surface area (Å²) in [5, 5.41) is 0. The maximum atomic E-state index is 10.9. The zero-order chi connectivity index (χ0) is 12.7. The predicted octanol–water partition coefficient (Wildman–Crippen LogP) is -3.39. The molecule has 1 aromatic rings. The molecule has 2 N–H and O–H groups in total. The van der Waals surface area contributed by atoms with Gasteiger partial charge in [0.15, 0.2) is 12.4 Å². The Bertz CT molecular complexity index is 412. The molecule has 0 saturated heterocycles. The molecule has 0 aliphatic heterocycles. The summed E-state index contributed by atoms with van der Waals surface area (Å²) in [7, 11) is 0. The van der Waals surface area contributed by atoms with Gasteiger partial charge in [0, 0.05) is 13.0 Å². The van der Waals surface area contributed by atoms with Gasteiger partial charge in [-0.1, -0.05) is 0 Å². The summed E-state index contributed by atoms with van der Waals surface area (Å²) in [4.78, 5) is 21.4. The number of carbonyl (C=O) groups is 2. The number of nitrogens with zero attached hydrogens (tertiary/aromatic N) is 1. The van der Waals surface area contributed by atoms with Crippen LogP contribution in [0, 0.1) is 0 Å². The quantitative estimate of drug-likeness (QED) is 0.333. The molecule has 7 heteroatoms. The van der Waals surface area contributed by atoms with Crippen LogP contribution in [0.5, 0.6) is 0 Å². The molecule has 18 heavy (non-hydrogen) atoms. The normalized spacial score (nSPS) is 9.39. The lowest BCUT2D eigenvalue weighted by atomic mass is 10.3. The summed E-state index contributed by atoms with van der Waals surface area (Å²) in [5.41, 5.74) is 5.55. The van der Waals surface area contributed by atoms with Gasteiger partial charge in [0.25, 0.3) is 12.6 Å². The number of pyridine rings is 1. The van der Waals surface area contributed by atoms with Crippen molar-refractivity contribution in [3.8, 4) is 0 Å². The van der Waals surface area contributed by atoms with Gasteiger partial charge in [0.1, 0.15) is 12.2 Å². The van der Waals surface area contributed by atoms with E-state index in [-0.39, 0.29) is 31.7 Å². The first-order chi connectivity index (χ1) is 8.09. The summed E-state index contributed by atoms with van der Waals surface area (Å²) >= 11 is 0. The Morgan fingerprint density at radius 1 is 1.39 bits per heavy atom. The molecule has 0 saturated carbocycles. The van der Waals surface area contributed by atoms with Crippen LogP contribution < -0.4 is 22.7 Å². The number of amides is 1. The van der Waals surface area contributed by atoms with E-state index >= 15 is 0 Å². The minimum Gasteiger partial charge on any atom is -1.00 e. The van der Waals surface area contributed by atoms with Crippen LogP contribution in [0.1, 0.15) is 17.3 Å². The monoisotopic (exact) mass is 274 g/mol. The Balaban J connectivity index is 0.00000289. The van der Waals surface area contributed by atoms with E-state index in [2.05, 4.69) is 0 Å². The van der Waals surface area contributed by atoms with Crippen molar-refractivity contribution in [2.24, 2.45) is 5.73 Å². The van der Waals surface area contributed by atoms with E-state index in [9.17, 15) is 9.59 Å². The number of halogens is 1. The first-order valence-corrected chi connectivity index (χ1v) is 5.09. The second kappa shape index (κ2) is 8.43. The number of primary amides is 1. The van der Waals surface area contributed by atoms with Gasteiger partial charge in [-0.25, -0.2) is 0 Å². The van der Waals surface area contributed by atoms with Crippen molar-refractivity contribution >= 4 is 11.9 Å². The minimum absolute atomic E-state index is 0. The molecule has 0 aliphatic rings. The lowest BCUT2D eigenvalue weighted by molar-refractivity contribution is -0.732. The average molecular weight is 275 g/mol. The number of esters is 1. The second-order valence-corrected chi connectivity index (χ2v) is 3.35. The first kappa shape index (κ1) is 16.3. The van der Waals surface area contributed by atoms with E-state index in [1.54, 1.807) is 29.1 Å². The number of hydrogen-bond donors (Lipinski definition) is 1. The Kier molecular flexibility index (Phi) is 7.66. The van der Waals surface area contributed by atoms with E-state index in [1.165, 1.54) is 6.92 Å². The van der Waals surface area contributed by atoms with E-state index in [1.807, 2.05) is 0 Å². The van der Waals surface area contributed by atoms with Gasteiger partial charge in [0.2, 0.25) is 0 Å². The van der Waals surface area contributed by atoms with E-state index < -0.39 is 5.91 Å². The van der Waals surface area contributed by atoms with Crippen molar-refractivity contribution in [2.45, 2.75) is 13.7 Å². The lowest BCUT2D eigenvalue weighted by Gasteiger charge is -2.02. The van der Waals surface area contributed by atoms with Gasteiger partial charge in [-0.15, -0.1) is 0 Å². The van der Waals surface area contributed by atoms with Crippen molar-refractivity contribution in [1.29, 1.82) is 0 Å². The van der Waals surface area contributed by atoms with Gasteiger partial charge in [0.05, 0.1) is 6.61 Å². The SMILES string of the molecule is CC(=O)OCCOC[n+]1cccc(C(N)=O)c1.[Cl-]. The molecule has 1 aromatic heterocycles. The summed E-state index contributed by atoms with van der Waals surface area (Å²) in [6.45, 7) is 2.12. The van der Waals surface area contributed by atoms with Crippen LogP contribution in [0.3, 0.4) is 0 Å². The second-order valence-electron chi connectivity index (χ2n) is 3.35. The van der Waals surface area contributed by atoms with Crippen LogP contribution in [0.15, 0.2) is 24.5 Å². The predicted molar refractivity (Wildman–Crippen MR) is 57.7 cm³/mol. The molecule has 1 rings (SSSR count). The molecule has 0 fully saturated rings. The van der Waals surface area contributed by atoms with Crippen LogP contribution in [-0.4, -0.2) is 25.1 Å². The van der Waals surface area contributed by atoms with Crippen molar-refractivity contribution < 1.29 is 36.0 Å². The highest BCUT2D eigenvalue weighted by atomic mass is 35.5. The molecular weight excluding hydrogens is 260 g/mol. The van der Waals surface area contributed by atoms with Crippen LogP contribution in [0.25, 0.3) is 0 Å². The Morgan fingerprint density at radius 3 is 2.72 bits per heavy atom. The molecule has 6 nitrogen and oxygen atoms in total. The summed E-state index contributed by atoms with van der Waals surface area (Å²) in [5.74, 6) is -0.823. The standard InChI is InChI=1S/C11H14N2O4.ClH/c1-9(14)17-6-5-16-8-13-4-2-3-10(7-13)11(12)15;/h2-4,7H,5-6,8H2,1H3,(H-,12,15);1H. The lowest BCUT2D eigenvalue weighted by Crippen LogP contribution is -3.00. The van der Waals surface area contributed by atoms with E-state index in [0.29, 0.717) is 12.2 Å². The molecule has 0 aliphatic carbocycles. The van der Waals surface area contributed by atoms with Crippen LogP contribution in [-0.2, 0) is 21.0 Å². The van der Waals surface area contributed by atoms with Crippen LogP contribution in [0.4, 0.5) is 0 Å². The minimum atomic E-state index is -0.487. The Hall–Kier alpha value is -1.66. The third-order valence-corrected chi connectivity index (χ3v) is 1.92. The number of aromatic nitrogens is 1. The summed E-state index contributed by atoms with van der Waals surface area (Å²) in [6.07, 6.45) is 3.34. The maximum Gasteiger partial charge on any atom is 0.302 e. The Morgan fingerprint density at radius 2 is 2.11 bits per heavy atom. The fourth-order valence-corrected chi connectivity index (χ4v) is 1.16. The van der Waals surface area contributed by atoms with Crippen molar-refractivity contribution in [3.63, 3.8) is 0 Å². The van der Waals surface area contributed by atoms with Crippen LogP contribution in [0.2, 0.25) is 0 Å². The number of hydrogen-bond acceptors (Lipinski definition) is 4.